The molecule has 0 saturated carbocycles. The van der Waals surface area contributed by atoms with Gasteiger partial charge in [-0.2, -0.15) is 0 Å². The zero-order chi connectivity index (χ0) is 14.0. The molecule has 1 amide bonds. The van der Waals surface area contributed by atoms with E-state index < -0.39 is 23.1 Å². The molecule has 2 aromatic rings. The number of phenols is 1. The molecule has 0 heterocycles. The number of anilines is 1. The molecule has 0 aliphatic carbocycles. The van der Waals surface area contributed by atoms with Crippen molar-refractivity contribution in [3.8, 4) is 5.75 Å². The van der Waals surface area contributed by atoms with Crippen molar-refractivity contribution in [2.75, 3.05) is 5.32 Å². The summed E-state index contributed by atoms with van der Waals surface area (Å²) in [5.74, 6) is -3.11. The highest BCUT2D eigenvalue weighted by Gasteiger charge is 2.17. The molecule has 0 aromatic heterocycles. The Balaban J connectivity index is 2.28. The van der Waals surface area contributed by atoms with Gasteiger partial charge in [-0.25, -0.2) is 8.78 Å². The highest BCUT2D eigenvalue weighted by atomic mass is 35.5. The Hall–Kier alpha value is -2.14. The van der Waals surface area contributed by atoms with Crippen molar-refractivity contribution in [2.45, 2.75) is 0 Å². The average molecular weight is 284 g/mol. The SMILES string of the molecule is O=C(Nc1ccc(Cl)c(O)c1)c1c(F)cccc1F. The first-order valence-corrected chi connectivity index (χ1v) is 5.60. The van der Waals surface area contributed by atoms with Crippen molar-refractivity contribution in [2.24, 2.45) is 0 Å². The molecule has 0 atom stereocenters. The third-order valence-electron chi connectivity index (χ3n) is 2.39. The molecule has 2 aromatic carbocycles. The van der Waals surface area contributed by atoms with Crippen molar-refractivity contribution < 1.29 is 18.7 Å². The van der Waals surface area contributed by atoms with Gasteiger partial charge in [0, 0.05) is 11.8 Å². The summed E-state index contributed by atoms with van der Waals surface area (Å²) in [6, 6.07) is 7.06. The Morgan fingerprint density at radius 2 is 1.79 bits per heavy atom. The quantitative estimate of drug-likeness (QED) is 0.885. The molecule has 19 heavy (non-hydrogen) atoms. The highest BCUT2D eigenvalue weighted by Crippen LogP contribution is 2.26. The minimum Gasteiger partial charge on any atom is -0.506 e. The fourth-order valence-electron chi connectivity index (χ4n) is 1.50. The molecule has 6 heteroatoms. The molecular formula is C13H8ClF2NO2. The monoisotopic (exact) mass is 283 g/mol. The van der Waals surface area contributed by atoms with E-state index in [9.17, 15) is 18.7 Å². The summed E-state index contributed by atoms with van der Waals surface area (Å²) in [6.45, 7) is 0. The molecule has 0 fully saturated rings. The Morgan fingerprint density at radius 3 is 2.37 bits per heavy atom. The van der Waals surface area contributed by atoms with Crippen molar-refractivity contribution >= 4 is 23.2 Å². The van der Waals surface area contributed by atoms with Crippen LogP contribution in [0.4, 0.5) is 14.5 Å². The van der Waals surface area contributed by atoms with Crippen LogP contribution in [0, 0.1) is 11.6 Å². The molecule has 0 unspecified atom stereocenters. The lowest BCUT2D eigenvalue weighted by Crippen LogP contribution is -2.15. The molecule has 2 rings (SSSR count). The zero-order valence-corrected chi connectivity index (χ0v) is 10.2. The molecule has 0 spiro atoms. The summed E-state index contributed by atoms with van der Waals surface area (Å²) in [4.78, 5) is 11.7. The predicted molar refractivity (Wildman–Crippen MR) is 67.4 cm³/mol. The lowest BCUT2D eigenvalue weighted by molar-refractivity contribution is 0.101. The van der Waals surface area contributed by atoms with Crippen molar-refractivity contribution in [3.05, 3.63) is 58.6 Å². The van der Waals surface area contributed by atoms with Crippen molar-refractivity contribution in [1.29, 1.82) is 0 Å². The lowest BCUT2D eigenvalue weighted by atomic mass is 10.1. The number of hydrogen-bond acceptors (Lipinski definition) is 2. The molecule has 2 N–H and O–H groups in total. The van der Waals surface area contributed by atoms with E-state index in [1.165, 1.54) is 18.2 Å². The van der Waals surface area contributed by atoms with E-state index in [2.05, 4.69) is 5.32 Å². The Kier molecular flexibility index (Phi) is 3.66. The second-order valence-corrected chi connectivity index (χ2v) is 4.12. The van der Waals surface area contributed by atoms with E-state index in [-0.39, 0.29) is 16.5 Å². The number of carbonyl (C=O) groups excluding carboxylic acids is 1. The van der Waals surface area contributed by atoms with E-state index in [0.717, 1.165) is 18.2 Å². The van der Waals surface area contributed by atoms with Gasteiger partial charge in [0.1, 0.15) is 22.9 Å². The largest absolute Gasteiger partial charge is 0.506 e. The maximum absolute atomic E-state index is 13.4. The number of carbonyl (C=O) groups is 1. The number of nitrogens with one attached hydrogen (secondary N) is 1. The Bertz CT molecular complexity index is 626. The van der Waals surface area contributed by atoms with Crippen LogP contribution in [0.25, 0.3) is 0 Å². The van der Waals surface area contributed by atoms with Gasteiger partial charge in [0.2, 0.25) is 0 Å². The number of rotatable bonds is 2. The minimum absolute atomic E-state index is 0.107. The number of hydrogen-bond donors (Lipinski definition) is 2. The van der Waals surface area contributed by atoms with Crippen LogP contribution in [-0.2, 0) is 0 Å². The van der Waals surface area contributed by atoms with Gasteiger partial charge in [-0.3, -0.25) is 4.79 Å². The first-order valence-electron chi connectivity index (χ1n) is 5.23. The maximum Gasteiger partial charge on any atom is 0.261 e. The standard InChI is InChI=1S/C13H8ClF2NO2/c14-8-5-4-7(6-11(8)18)17-13(19)12-9(15)2-1-3-10(12)16/h1-6,18H,(H,17,19). The zero-order valence-electron chi connectivity index (χ0n) is 9.45. The molecule has 98 valence electrons. The van der Waals surface area contributed by atoms with Crippen LogP contribution in [0.15, 0.2) is 36.4 Å². The third kappa shape index (κ3) is 2.82. The van der Waals surface area contributed by atoms with Crippen LogP contribution in [0.2, 0.25) is 5.02 Å². The Labute approximate surface area is 112 Å². The van der Waals surface area contributed by atoms with E-state index >= 15 is 0 Å². The summed E-state index contributed by atoms with van der Waals surface area (Å²) in [7, 11) is 0. The first-order chi connectivity index (χ1) is 8.99. The fourth-order valence-corrected chi connectivity index (χ4v) is 1.62. The van der Waals surface area contributed by atoms with Gasteiger partial charge in [-0.05, 0) is 24.3 Å². The van der Waals surface area contributed by atoms with Crippen LogP contribution < -0.4 is 5.32 Å². The second kappa shape index (κ2) is 5.24. The smallest absolute Gasteiger partial charge is 0.261 e. The normalized spacial score (nSPS) is 10.3. The molecule has 0 radical (unpaired) electrons. The maximum atomic E-state index is 13.4. The summed E-state index contributed by atoms with van der Waals surface area (Å²) in [5.41, 5.74) is -0.508. The first kappa shape index (κ1) is 13.3. The summed E-state index contributed by atoms with van der Waals surface area (Å²) >= 11 is 5.60. The molecular weight excluding hydrogens is 276 g/mol. The van der Waals surface area contributed by atoms with Gasteiger partial charge in [0.05, 0.1) is 5.02 Å². The molecule has 0 saturated heterocycles. The fraction of sp³-hybridized carbons (Fsp3) is 0. The molecule has 0 aliphatic rings. The minimum atomic E-state index is -0.962. The number of aromatic hydroxyl groups is 1. The van der Waals surface area contributed by atoms with E-state index in [1.807, 2.05) is 0 Å². The van der Waals surface area contributed by atoms with Crippen LogP contribution >= 0.6 is 11.6 Å². The number of amides is 1. The van der Waals surface area contributed by atoms with Gasteiger partial charge >= 0.3 is 0 Å². The van der Waals surface area contributed by atoms with Crippen molar-refractivity contribution in [1.82, 2.24) is 0 Å². The predicted octanol–water partition coefficient (Wildman–Crippen LogP) is 3.58. The van der Waals surface area contributed by atoms with E-state index in [4.69, 9.17) is 11.6 Å². The molecule has 3 nitrogen and oxygen atoms in total. The molecule has 0 bridgehead atoms. The summed E-state index contributed by atoms with van der Waals surface area (Å²) in [6.07, 6.45) is 0. The van der Waals surface area contributed by atoms with E-state index in [1.54, 1.807) is 0 Å². The molecule has 0 aliphatic heterocycles. The van der Waals surface area contributed by atoms with Gasteiger partial charge in [0.15, 0.2) is 0 Å². The van der Waals surface area contributed by atoms with Crippen LogP contribution in [-0.4, -0.2) is 11.0 Å². The topological polar surface area (TPSA) is 49.3 Å². The number of benzene rings is 2. The van der Waals surface area contributed by atoms with Crippen molar-refractivity contribution in [3.63, 3.8) is 0 Å². The summed E-state index contributed by atoms with van der Waals surface area (Å²) in [5, 5.41) is 11.7. The summed E-state index contributed by atoms with van der Waals surface area (Å²) < 4.78 is 26.8. The van der Waals surface area contributed by atoms with E-state index in [0.29, 0.717) is 0 Å². The average Bonchev–Trinajstić information content (AvgIpc) is 2.33. The van der Waals surface area contributed by atoms with Gasteiger partial charge in [0.25, 0.3) is 5.91 Å². The lowest BCUT2D eigenvalue weighted by Gasteiger charge is -2.07. The second-order valence-electron chi connectivity index (χ2n) is 3.72. The van der Waals surface area contributed by atoms with Gasteiger partial charge in [-0.1, -0.05) is 17.7 Å². The number of phenolic OH excluding ortho intramolecular Hbond substituents is 1. The van der Waals surface area contributed by atoms with Crippen LogP contribution in [0.3, 0.4) is 0 Å². The third-order valence-corrected chi connectivity index (χ3v) is 2.71. The highest BCUT2D eigenvalue weighted by molar-refractivity contribution is 6.32. The van der Waals surface area contributed by atoms with Gasteiger partial charge in [-0.15, -0.1) is 0 Å². The number of halogens is 3. The Morgan fingerprint density at radius 1 is 1.16 bits per heavy atom. The van der Waals surface area contributed by atoms with Crippen LogP contribution in [0.1, 0.15) is 10.4 Å². The van der Waals surface area contributed by atoms with Crippen LogP contribution in [0.5, 0.6) is 5.75 Å². The van der Waals surface area contributed by atoms with Gasteiger partial charge < -0.3 is 10.4 Å².